The van der Waals surface area contributed by atoms with E-state index in [1.807, 2.05) is 25.1 Å². The largest absolute Gasteiger partial charge is 0.353 e. The second-order valence-electron chi connectivity index (χ2n) is 3.89. The van der Waals surface area contributed by atoms with Crippen molar-refractivity contribution < 1.29 is 0 Å². The molecule has 0 aliphatic rings. The second-order valence-corrected chi connectivity index (χ2v) is 4.67. The zero-order valence-electron chi connectivity index (χ0n) is 9.67. The molecule has 0 atom stereocenters. The lowest BCUT2D eigenvalue weighted by molar-refractivity contribution is 1.41. The molecule has 0 heterocycles. The summed E-state index contributed by atoms with van der Waals surface area (Å²) in [5.74, 6) is 0. The molecule has 0 bridgehead atoms. The van der Waals surface area contributed by atoms with Crippen LogP contribution in [0.2, 0.25) is 10.0 Å². The molecule has 1 N–H and O–H groups in total. The number of nitrogens with zero attached hydrogens (tertiary/aromatic N) is 1. The van der Waals surface area contributed by atoms with Crippen LogP contribution in [-0.4, -0.2) is 0 Å². The molecular formula is C14H10Cl2N2. The molecule has 90 valence electrons. The predicted molar refractivity (Wildman–Crippen MR) is 75.6 cm³/mol. The lowest BCUT2D eigenvalue weighted by atomic mass is 10.1. The van der Waals surface area contributed by atoms with Crippen molar-refractivity contribution in [1.82, 2.24) is 0 Å². The fraction of sp³-hybridized carbons (Fsp3) is 0.0714. The number of hydrogen-bond acceptors (Lipinski definition) is 2. The highest BCUT2D eigenvalue weighted by molar-refractivity contribution is 6.43. The van der Waals surface area contributed by atoms with Crippen molar-refractivity contribution >= 4 is 34.6 Å². The second kappa shape index (κ2) is 5.30. The monoisotopic (exact) mass is 276 g/mol. The van der Waals surface area contributed by atoms with Crippen LogP contribution in [0.1, 0.15) is 11.1 Å². The van der Waals surface area contributed by atoms with E-state index in [4.69, 9.17) is 28.5 Å². The first-order valence-electron chi connectivity index (χ1n) is 5.33. The molecule has 2 nitrogen and oxygen atoms in total. The maximum Gasteiger partial charge on any atom is 0.101 e. The molecule has 0 spiro atoms. The van der Waals surface area contributed by atoms with Gasteiger partial charge in [-0.25, -0.2) is 0 Å². The molecule has 0 aromatic heterocycles. The minimum atomic E-state index is 0.449. The summed E-state index contributed by atoms with van der Waals surface area (Å²) >= 11 is 12.0. The van der Waals surface area contributed by atoms with Gasteiger partial charge < -0.3 is 5.32 Å². The van der Waals surface area contributed by atoms with Crippen LogP contribution in [0.5, 0.6) is 0 Å². The van der Waals surface area contributed by atoms with Crippen LogP contribution in [0.4, 0.5) is 11.4 Å². The lowest BCUT2D eigenvalue weighted by Crippen LogP contribution is -1.95. The zero-order valence-corrected chi connectivity index (χ0v) is 11.2. The average Bonchev–Trinajstić information content (AvgIpc) is 2.35. The van der Waals surface area contributed by atoms with Gasteiger partial charge in [0.25, 0.3) is 0 Å². The Morgan fingerprint density at radius 2 is 1.89 bits per heavy atom. The fourth-order valence-corrected chi connectivity index (χ4v) is 1.95. The zero-order chi connectivity index (χ0) is 13.1. The van der Waals surface area contributed by atoms with Gasteiger partial charge >= 0.3 is 0 Å². The number of aryl methyl sites for hydroxylation is 1. The van der Waals surface area contributed by atoms with E-state index < -0.39 is 0 Å². The number of nitriles is 1. The molecule has 0 fully saturated rings. The number of rotatable bonds is 2. The Hall–Kier alpha value is -1.69. The van der Waals surface area contributed by atoms with E-state index in [9.17, 15) is 0 Å². The van der Waals surface area contributed by atoms with Crippen LogP contribution in [0.3, 0.4) is 0 Å². The van der Waals surface area contributed by atoms with Gasteiger partial charge in [0, 0.05) is 0 Å². The third kappa shape index (κ3) is 2.59. The summed E-state index contributed by atoms with van der Waals surface area (Å²) in [7, 11) is 0. The van der Waals surface area contributed by atoms with Crippen molar-refractivity contribution in [2.24, 2.45) is 0 Å². The van der Waals surface area contributed by atoms with Crippen molar-refractivity contribution in [1.29, 1.82) is 5.26 Å². The van der Waals surface area contributed by atoms with Gasteiger partial charge in [0.05, 0.1) is 27.0 Å². The van der Waals surface area contributed by atoms with E-state index in [-0.39, 0.29) is 0 Å². The molecular weight excluding hydrogens is 267 g/mol. The Morgan fingerprint density at radius 3 is 2.61 bits per heavy atom. The fourth-order valence-electron chi connectivity index (χ4n) is 1.60. The van der Waals surface area contributed by atoms with Crippen molar-refractivity contribution in [3.8, 4) is 6.07 Å². The molecule has 4 heteroatoms. The molecule has 0 aliphatic heterocycles. The minimum Gasteiger partial charge on any atom is -0.353 e. The van der Waals surface area contributed by atoms with E-state index in [2.05, 4.69) is 11.4 Å². The Morgan fingerprint density at radius 1 is 1.11 bits per heavy atom. The molecule has 0 radical (unpaired) electrons. The standard InChI is InChI=1S/C14H10Cl2N2/c1-9-5-6-10(8-17)13(7-9)18-12-4-2-3-11(15)14(12)16/h2-7,18H,1H3. The highest BCUT2D eigenvalue weighted by atomic mass is 35.5. The lowest BCUT2D eigenvalue weighted by Gasteiger charge is -2.11. The number of benzene rings is 2. The van der Waals surface area contributed by atoms with E-state index >= 15 is 0 Å². The number of nitrogens with one attached hydrogen (secondary N) is 1. The van der Waals surface area contributed by atoms with Gasteiger partial charge in [-0.2, -0.15) is 5.26 Å². The van der Waals surface area contributed by atoms with Gasteiger partial charge in [-0.15, -0.1) is 0 Å². The van der Waals surface area contributed by atoms with E-state index in [1.54, 1.807) is 18.2 Å². The molecule has 0 saturated carbocycles. The third-order valence-electron chi connectivity index (χ3n) is 2.52. The maximum atomic E-state index is 9.06. The van der Waals surface area contributed by atoms with Crippen molar-refractivity contribution in [2.45, 2.75) is 6.92 Å². The summed E-state index contributed by atoms with van der Waals surface area (Å²) in [5, 5.41) is 13.1. The number of anilines is 2. The Balaban J connectivity index is 2.43. The first kappa shape index (κ1) is 12.8. The summed E-state index contributed by atoms with van der Waals surface area (Å²) < 4.78 is 0. The molecule has 0 aliphatic carbocycles. The summed E-state index contributed by atoms with van der Waals surface area (Å²) in [6, 6.07) is 13.0. The first-order valence-corrected chi connectivity index (χ1v) is 6.09. The normalized spacial score (nSPS) is 9.89. The quantitative estimate of drug-likeness (QED) is 0.845. The van der Waals surface area contributed by atoms with Crippen molar-refractivity contribution in [3.05, 3.63) is 57.6 Å². The van der Waals surface area contributed by atoms with Gasteiger partial charge in [-0.1, -0.05) is 35.3 Å². The summed E-state index contributed by atoms with van der Waals surface area (Å²) in [5.41, 5.74) is 3.04. The predicted octanol–water partition coefficient (Wildman–Crippen LogP) is 4.92. The van der Waals surface area contributed by atoms with Gasteiger partial charge in [0.1, 0.15) is 6.07 Å². The van der Waals surface area contributed by atoms with Crippen LogP contribution in [0, 0.1) is 18.3 Å². The molecule has 2 rings (SSSR count). The van der Waals surface area contributed by atoms with Gasteiger partial charge in [0.2, 0.25) is 0 Å². The van der Waals surface area contributed by atoms with Crippen LogP contribution in [0.25, 0.3) is 0 Å². The van der Waals surface area contributed by atoms with Gasteiger partial charge in [-0.05, 0) is 36.8 Å². The summed E-state index contributed by atoms with van der Waals surface area (Å²) in [6.07, 6.45) is 0. The van der Waals surface area contributed by atoms with Crippen LogP contribution in [-0.2, 0) is 0 Å². The third-order valence-corrected chi connectivity index (χ3v) is 3.34. The van der Waals surface area contributed by atoms with Crippen LogP contribution < -0.4 is 5.32 Å². The molecule has 0 amide bonds. The first-order chi connectivity index (χ1) is 8.61. The van der Waals surface area contributed by atoms with E-state index in [0.717, 1.165) is 11.3 Å². The number of halogens is 2. The highest BCUT2D eigenvalue weighted by Gasteiger charge is 2.07. The van der Waals surface area contributed by atoms with Crippen LogP contribution >= 0.6 is 23.2 Å². The maximum absolute atomic E-state index is 9.06. The van der Waals surface area contributed by atoms with Gasteiger partial charge in [-0.3, -0.25) is 0 Å². The molecule has 2 aromatic carbocycles. The number of hydrogen-bond donors (Lipinski definition) is 1. The Kier molecular flexibility index (Phi) is 3.76. The van der Waals surface area contributed by atoms with E-state index in [0.29, 0.717) is 21.3 Å². The SMILES string of the molecule is Cc1ccc(C#N)c(Nc2cccc(Cl)c2Cl)c1. The Bertz CT molecular complexity index is 630. The highest BCUT2D eigenvalue weighted by Crippen LogP contribution is 2.32. The molecule has 18 heavy (non-hydrogen) atoms. The minimum absolute atomic E-state index is 0.449. The van der Waals surface area contributed by atoms with E-state index in [1.165, 1.54) is 0 Å². The molecule has 0 unspecified atom stereocenters. The topological polar surface area (TPSA) is 35.8 Å². The van der Waals surface area contributed by atoms with Gasteiger partial charge in [0.15, 0.2) is 0 Å². The van der Waals surface area contributed by atoms with Crippen LogP contribution in [0.15, 0.2) is 36.4 Å². The smallest absolute Gasteiger partial charge is 0.101 e. The average molecular weight is 277 g/mol. The Labute approximate surface area is 116 Å². The summed E-state index contributed by atoms with van der Waals surface area (Å²) in [6.45, 7) is 1.96. The molecule has 2 aromatic rings. The van der Waals surface area contributed by atoms with Crippen molar-refractivity contribution in [3.63, 3.8) is 0 Å². The molecule has 0 saturated heterocycles. The van der Waals surface area contributed by atoms with Crippen molar-refractivity contribution in [2.75, 3.05) is 5.32 Å². The summed E-state index contributed by atoms with van der Waals surface area (Å²) in [4.78, 5) is 0.